The normalized spacial score (nSPS) is 18.1. The van der Waals surface area contributed by atoms with Crippen LogP contribution in [-0.4, -0.2) is 47.4 Å². The van der Waals surface area contributed by atoms with Gasteiger partial charge in [-0.1, -0.05) is 24.3 Å². The maximum Gasteiger partial charge on any atom is 0.261 e. The van der Waals surface area contributed by atoms with E-state index < -0.39 is 6.04 Å². The number of likely N-dealkylation sites (tertiary alicyclic amines) is 1. The van der Waals surface area contributed by atoms with Gasteiger partial charge in [-0.05, 0) is 61.6 Å². The van der Waals surface area contributed by atoms with E-state index in [1.54, 1.807) is 4.90 Å². The number of nitrogens with zero attached hydrogens (tertiary/aromatic N) is 2. The minimum Gasteiger partial charge on any atom is -0.494 e. The highest BCUT2D eigenvalue weighted by atomic mass is 16.5. The SMILES string of the molecule is CCOc1ccc2c(c1)CN(C(=O)[C@H]1CCCCN1C(=O)COc1ccccc1)C2. The van der Waals surface area contributed by atoms with Gasteiger partial charge in [-0.2, -0.15) is 0 Å². The molecule has 0 N–H and O–H groups in total. The number of fused-ring (bicyclic) bond motifs is 1. The van der Waals surface area contributed by atoms with Crippen LogP contribution >= 0.6 is 0 Å². The summed E-state index contributed by atoms with van der Waals surface area (Å²) in [4.78, 5) is 29.7. The van der Waals surface area contributed by atoms with Crippen LogP contribution in [0.3, 0.4) is 0 Å². The molecule has 2 aliphatic heterocycles. The van der Waals surface area contributed by atoms with Gasteiger partial charge in [0, 0.05) is 19.6 Å². The number of carbonyl (C=O) groups excluding carboxylic acids is 2. The summed E-state index contributed by atoms with van der Waals surface area (Å²) < 4.78 is 11.2. The van der Waals surface area contributed by atoms with Crippen molar-refractivity contribution in [2.75, 3.05) is 19.8 Å². The van der Waals surface area contributed by atoms with Gasteiger partial charge in [0.1, 0.15) is 17.5 Å². The Morgan fingerprint density at radius 3 is 2.57 bits per heavy atom. The Labute approximate surface area is 177 Å². The molecule has 2 aromatic rings. The van der Waals surface area contributed by atoms with Crippen molar-refractivity contribution >= 4 is 11.8 Å². The minimum absolute atomic E-state index is 0.0249. The molecule has 2 amide bonds. The summed E-state index contributed by atoms with van der Waals surface area (Å²) in [5, 5.41) is 0. The van der Waals surface area contributed by atoms with Crippen LogP contribution in [0, 0.1) is 0 Å². The van der Waals surface area contributed by atoms with Crippen LogP contribution in [0.1, 0.15) is 37.3 Å². The van der Waals surface area contributed by atoms with Gasteiger partial charge in [0.25, 0.3) is 5.91 Å². The summed E-state index contributed by atoms with van der Waals surface area (Å²) in [5.74, 6) is 1.38. The Balaban J connectivity index is 1.41. The van der Waals surface area contributed by atoms with Crippen molar-refractivity contribution < 1.29 is 19.1 Å². The lowest BCUT2D eigenvalue weighted by atomic mass is 10.0. The zero-order chi connectivity index (χ0) is 20.9. The number of hydrogen-bond donors (Lipinski definition) is 0. The summed E-state index contributed by atoms with van der Waals surface area (Å²) in [6.07, 6.45) is 2.57. The van der Waals surface area contributed by atoms with Crippen LogP contribution in [-0.2, 0) is 22.7 Å². The topological polar surface area (TPSA) is 59.1 Å². The second-order valence-electron chi connectivity index (χ2n) is 7.76. The van der Waals surface area contributed by atoms with E-state index >= 15 is 0 Å². The average Bonchev–Trinajstić information content (AvgIpc) is 3.21. The number of hydrogen-bond acceptors (Lipinski definition) is 4. The van der Waals surface area contributed by atoms with Gasteiger partial charge in [-0.15, -0.1) is 0 Å². The summed E-state index contributed by atoms with van der Waals surface area (Å²) in [6, 6.07) is 14.9. The molecule has 0 bridgehead atoms. The van der Waals surface area contributed by atoms with Crippen molar-refractivity contribution in [3.63, 3.8) is 0 Å². The number of ether oxygens (including phenoxy) is 2. The predicted octanol–water partition coefficient (Wildman–Crippen LogP) is 3.39. The molecule has 1 atom stereocenters. The molecule has 6 heteroatoms. The van der Waals surface area contributed by atoms with Crippen LogP contribution in [0.4, 0.5) is 0 Å². The molecule has 30 heavy (non-hydrogen) atoms. The Morgan fingerprint density at radius 2 is 1.77 bits per heavy atom. The van der Waals surface area contributed by atoms with Crippen molar-refractivity contribution in [3.05, 3.63) is 59.7 Å². The highest BCUT2D eigenvalue weighted by Crippen LogP contribution is 2.29. The third-order valence-electron chi connectivity index (χ3n) is 5.74. The van der Waals surface area contributed by atoms with Crippen molar-refractivity contribution in [3.8, 4) is 11.5 Å². The molecular formula is C24H28N2O4. The number of amides is 2. The third-order valence-corrected chi connectivity index (χ3v) is 5.74. The maximum absolute atomic E-state index is 13.3. The highest BCUT2D eigenvalue weighted by Gasteiger charge is 2.36. The van der Waals surface area contributed by atoms with Gasteiger partial charge in [-0.3, -0.25) is 9.59 Å². The van der Waals surface area contributed by atoms with Gasteiger partial charge < -0.3 is 19.3 Å². The highest BCUT2D eigenvalue weighted by molar-refractivity contribution is 5.88. The molecule has 158 valence electrons. The van der Waals surface area contributed by atoms with Gasteiger partial charge in [0.2, 0.25) is 5.91 Å². The molecule has 0 aromatic heterocycles. The van der Waals surface area contributed by atoms with E-state index in [4.69, 9.17) is 9.47 Å². The first-order valence-corrected chi connectivity index (χ1v) is 10.7. The minimum atomic E-state index is -0.411. The van der Waals surface area contributed by atoms with E-state index in [0.717, 1.165) is 29.7 Å². The average molecular weight is 408 g/mol. The quantitative estimate of drug-likeness (QED) is 0.735. The van der Waals surface area contributed by atoms with Crippen molar-refractivity contribution in [1.29, 1.82) is 0 Å². The molecule has 0 radical (unpaired) electrons. The van der Waals surface area contributed by atoms with E-state index in [9.17, 15) is 9.59 Å². The Morgan fingerprint density at radius 1 is 0.967 bits per heavy atom. The monoisotopic (exact) mass is 408 g/mol. The molecule has 0 aliphatic carbocycles. The van der Waals surface area contributed by atoms with Gasteiger partial charge in [-0.25, -0.2) is 0 Å². The second-order valence-corrected chi connectivity index (χ2v) is 7.76. The fourth-order valence-corrected chi connectivity index (χ4v) is 4.23. The lowest BCUT2D eigenvalue weighted by Crippen LogP contribution is -2.53. The molecule has 1 fully saturated rings. The largest absolute Gasteiger partial charge is 0.494 e. The van der Waals surface area contributed by atoms with E-state index in [1.165, 1.54) is 0 Å². The van der Waals surface area contributed by atoms with E-state index in [0.29, 0.717) is 38.4 Å². The number of benzene rings is 2. The smallest absolute Gasteiger partial charge is 0.261 e. The van der Waals surface area contributed by atoms with Gasteiger partial charge >= 0.3 is 0 Å². The van der Waals surface area contributed by atoms with Crippen molar-refractivity contribution in [1.82, 2.24) is 9.80 Å². The van der Waals surface area contributed by atoms with Crippen LogP contribution in [0.2, 0.25) is 0 Å². The Kier molecular flexibility index (Phi) is 6.21. The molecular weight excluding hydrogens is 380 g/mol. The zero-order valence-electron chi connectivity index (χ0n) is 17.4. The number of para-hydroxylation sites is 1. The molecule has 1 saturated heterocycles. The van der Waals surface area contributed by atoms with Crippen LogP contribution in [0.25, 0.3) is 0 Å². The van der Waals surface area contributed by atoms with E-state index in [-0.39, 0.29) is 18.4 Å². The molecule has 0 unspecified atom stereocenters. The Bertz CT molecular complexity index is 899. The molecule has 2 heterocycles. The van der Waals surface area contributed by atoms with E-state index in [2.05, 4.69) is 0 Å². The van der Waals surface area contributed by atoms with Crippen molar-refractivity contribution in [2.45, 2.75) is 45.3 Å². The molecule has 4 rings (SSSR count). The van der Waals surface area contributed by atoms with Crippen LogP contribution < -0.4 is 9.47 Å². The van der Waals surface area contributed by atoms with Crippen LogP contribution in [0.15, 0.2) is 48.5 Å². The van der Waals surface area contributed by atoms with Gasteiger partial charge in [0.05, 0.1) is 6.61 Å². The Hall–Kier alpha value is -3.02. The molecule has 0 saturated carbocycles. The third kappa shape index (κ3) is 4.42. The maximum atomic E-state index is 13.3. The zero-order valence-corrected chi connectivity index (χ0v) is 17.4. The first-order chi connectivity index (χ1) is 14.7. The first-order valence-electron chi connectivity index (χ1n) is 10.7. The fraction of sp³-hybridized carbons (Fsp3) is 0.417. The summed E-state index contributed by atoms with van der Waals surface area (Å²) in [5.41, 5.74) is 2.27. The first kappa shape index (κ1) is 20.3. The predicted molar refractivity (Wildman–Crippen MR) is 113 cm³/mol. The standard InChI is InChI=1S/C24H28N2O4/c1-2-29-21-12-11-18-15-25(16-19(18)14-21)24(28)22-10-6-7-13-26(22)23(27)17-30-20-8-4-3-5-9-20/h3-5,8-9,11-12,14,22H,2,6-7,10,13,15-17H2,1H3/t22-/m1/s1. The summed E-state index contributed by atoms with van der Waals surface area (Å²) in [6.45, 7) is 4.27. The molecule has 6 nitrogen and oxygen atoms in total. The number of piperidine rings is 1. The van der Waals surface area contributed by atoms with Gasteiger partial charge in [0.15, 0.2) is 6.61 Å². The fourth-order valence-electron chi connectivity index (χ4n) is 4.23. The van der Waals surface area contributed by atoms with Crippen LogP contribution in [0.5, 0.6) is 11.5 Å². The second kappa shape index (κ2) is 9.20. The molecule has 0 spiro atoms. The lowest BCUT2D eigenvalue weighted by Gasteiger charge is -2.36. The number of carbonyl (C=O) groups is 2. The number of rotatable bonds is 6. The molecule has 2 aliphatic rings. The van der Waals surface area contributed by atoms with Crippen molar-refractivity contribution in [2.24, 2.45) is 0 Å². The summed E-state index contributed by atoms with van der Waals surface area (Å²) >= 11 is 0. The summed E-state index contributed by atoms with van der Waals surface area (Å²) in [7, 11) is 0. The lowest BCUT2D eigenvalue weighted by molar-refractivity contribution is -0.149. The van der Waals surface area contributed by atoms with E-state index in [1.807, 2.05) is 60.4 Å². The molecule has 2 aromatic carbocycles.